The molecule has 0 aliphatic carbocycles. The van der Waals surface area contributed by atoms with Crippen LogP contribution in [0.25, 0.3) is 11.0 Å². The van der Waals surface area contributed by atoms with Gasteiger partial charge in [-0.05, 0) is 60.0 Å². The van der Waals surface area contributed by atoms with Crippen LogP contribution in [-0.4, -0.2) is 5.91 Å². The Morgan fingerprint density at radius 1 is 1.00 bits per heavy atom. The van der Waals surface area contributed by atoms with Crippen LogP contribution in [0.2, 0.25) is 5.02 Å². The van der Waals surface area contributed by atoms with Crippen molar-refractivity contribution < 1.29 is 9.21 Å². The smallest absolute Gasteiger partial charge is 0.295 e. The van der Waals surface area contributed by atoms with Crippen molar-refractivity contribution in [2.24, 2.45) is 0 Å². The molecule has 1 atom stereocenters. The van der Waals surface area contributed by atoms with Crippen LogP contribution in [-0.2, 0) is 6.42 Å². The van der Waals surface area contributed by atoms with E-state index in [-0.39, 0.29) is 17.1 Å². The van der Waals surface area contributed by atoms with Gasteiger partial charge in [-0.3, -0.25) is 14.5 Å². The first kappa shape index (κ1) is 20.0. The number of halogens is 2. The lowest BCUT2D eigenvalue weighted by Crippen LogP contribution is -2.29. The van der Waals surface area contributed by atoms with Crippen LogP contribution in [0.1, 0.15) is 40.2 Å². The Labute approximate surface area is 192 Å². The SMILES string of the molecule is CCc1ccc(N2C(=O)c3oc4ccc(Br)cc4c(=O)c3C2c2ccc(Cl)cc2)cc1. The van der Waals surface area contributed by atoms with Gasteiger partial charge in [-0.2, -0.15) is 0 Å². The maximum atomic E-state index is 13.6. The van der Waals surface area contributed by atoms with Crippen molar-refractivity contribution >= 4 is 50.1 Å². The zero-order valence-corrected chi connectivity index (χ0v) is 18.9. The number of hydrogen-bond donors (Lipinski definition) is 0. The molecule has 1 aliphatic heterocycles. The highest BCUT2D eigenvalue weighted by molar-refractivity contribution is 9.10. The topological polar surface area (TPSA) is 50.5 Å². The third kappa shape index (κ3) is 3.29. The monoisotopic (exact) mass is 493 g/mol. The summed E-state index contributed by atoms with van der Waals surface area (Å²) in [5.74, 6) is -0.250. The van der Waals surface area contributed by atoms with E-state index >= 15 is 0 Å². The van der Waals surface area contributed by atoms with E-state index in [1.165, 1.54) is 5.56 Å². The third-order valence-corrected chi connectivity index (χ3v) is 6.39. The highest BCUT2D eigenvalue weighted by Gasteiger charge is 2.43. The maximum absolute atomic E-state index is 13.6. The average molecular weight is 495 g/mol. The molecule has 1 aromatic heterocycles. The molecule has 2 heterocycles. The normalized spacial score (nSPS) is 15.5. The van der Waals surface area contributed by atoms with Gasteiger partial charge in [0.15, 0.2) is 5.43 Å². The molecule has 31 heavy (non-hydrogen) atoms. The minimum atomic E-state index is -0.605. The van der Waals surface area contributed by atoms with Crippen LogP contribution in [0.4, 0.5) is 5.69 Å². The van der Waals surface area contributed by atoms with E-state index < -0.39 is 6.04 Å². The fourth-order valence-corrected chi connectivity index (χ4v) is 4.55. The standard InChI is InChI=1S/C25H17BrClNO3/c1-2-14-3-10-18(11-4-14)28-22(15-5-8-17(27)9-6-15)21-23(29)19-13-16(26)7-12-20(19)31-24(21)25(28)30/h3-13,22H,2H2,1H3. The first-order valence-corrected chi connectivity index (χ1v) is 11.1. The Bertz CT molecular complexity index is 1380. The van der Waals surface area contributed by atoms with Crippen LogP contribution in [0.3, 0.4) is 0 Å². The Morgan fingerprint density at radius 3 is 2.39 bits per heavy atom. The number of carbonyl (C=O) groups excluding carboxylic acids is 1. The van der Waals surface area contributed by atoms with Crippen molar-refractivity contribution in [1.82, 2.24) is 0 Å². The molecular formula is C25H17BrClNO3. The van der Waals surface area contributed by atoms with Crippen molar-refractivity contribution in [3.05, 3.63) is 109 Å². The van der Waals surface area contributed by atoms with Gasteiger partial charge in [0, 0.05) is 15.2 Å². The van der Waals surface area contributed by atoms with Crippen molar-refractivity contribution in [2.75, 3.05) is 4.90 Å². The quantitative estimate of drug-likeness (QED) is 0.326. The zero-order valence-electron chi connectivity index (χ0n) is 16.6. The summed E-state index contributed by atoms with van der Waals surface area (Å²) in [5, 5.41) is 1.02. The molecule has 0 spiro atoms. The van der Waals surface area contributed by atoms with Crippen LogP contribution in [0.15, 0.2) is 80.4 Å². The Hall–Kier alpha value is -2.89. The van der Waals surface area contributed by atoms with Gasteiger partial charge in [-0.15, -0.1) is 0 Å². The summed E-state index contributed by atoms with van der Waals surface area (Å²) < 4.78 is 6.76. The van der Waals surface area contributed by atoms with Crippen LogP contribution in [0, 0.1) is 0 Å². The van der Waals surface area contributed by atoms with Gasteiger partial charge in [-0.25, -0.2) is 0 Å². The molecule has 0 fully saturated rings. The molecule has 6 heteroatoms. The number of nitrogens with zero attached hydrogens (tertiary/aromatic N) is 1. The number of amides is 1. The first-order valence-electron chi connectivity index (χ1n) is 9.92. The van der Waals surface area contributed by atoms with Gasteiger partial charge in [0.25, 0.3) is 5.91 Å². The van der Waals surface area contributed by atoms with E-state index in [1.807, 2.05) is 36.4 Å². The lowest BCUT2D eigenvalue weighted by atomic mass is 9.98. The number of carbonyl (C=O) groups is 1. The summed E-state index contributed by atoms with van der Waals surface area (Å²) in [7, 11) is 0. The summed E-state index contributed by atoms with van der Waals surface area (Å²) in [4.78, 5) is 28.7. The molecule has 4 nitrogen and oxygen atoms in total. The molecule has 154 valence electrons. The molecule has 0 N–H and O–H groups in total. The minimum absolute atomic E-state index is 0.0827. The van der Waals surface area contributed by atoms with Gasteiger partial charge < -0.3 is 4.42 Å². The van der Waals surface area contributed by atoms with E-state index in [2.05, 4.69) is 22.9 Å². The molecule has 0 saturated heterocycles. The molecule has 4 aromatic rings. The molecule has 1 aliphatic rings. The second-order valence-corrected chi connectivity index (χ2v) is 8.82. The molecule has 1 unspecified atom stereocenters. The number of anilines is 1. The molecule has 0 saturated carbocycles. The highest BCUT2D eigenvalue weighted by atomic mass is 79.9. The Morgan fingerprint density at radius 2 is 1.71 bits per heavy atom. The van der Waals surface area contributed by atoms with Crippen molar-refractivity contribution in [2.45, 2.75) is 19.4 Å². The number of fused-ring (bicyclic) bond motifs is 2. The predicted molar refractivity (Wildman–Crippen MR) is 126 cm³/mol. The second-order valence-electron chi connectivity index (χ2n) is 7.46. The van der Waals surface area contributed by atoms with E-state index in [4.69, 9.17) is 16.0 Å². The summed E-state index contributed by atoms with van der Waals surface area (Å²) in [6.45, 7) is 2.08. The van der Waals surface area contributed by atoms with Crippen LogP contribution >= 0.6 is 27.5 Å². The lowest BCUT2D eigenvalue weighted by molar-refractivity contribution is 0.0971. The predicted octanol–water partition coefficient (Wildman–Crippen LogP) is 6.52. The Balaban J connectivity index is 1.78. The maximum Gasteiger partial charge on any atom is 0.295 e. The van der Waals surface area contributed by atoms with Gasteiger partial charge in [0.2, 0.25) is 5.76 Å². The van der Waals surface area contributed by atoms with E-state index in [1.54, 1.807) is 35.2 Å². The Kier molecular flexibility index (Phi) is 4.95. The molecule has 5 rings (SSSR count). The van der Waals surface area contributed by atoms with Crippen LogP contribution in [0.5, 0.6) is 0 Å². The van der Waals surface area contributed by atoms with Gasteiger partial charge >= 0.3 is 0 Å². The number of hydrogen-bond acceptors (Lipinski definition) is 3. The fraction of sp³-hybridized carbons (Fsp3) is 0.120. The van der Waals surface area contributed by atoms with E-state index in [9.17, 15) is 9.59 Å². The summed E-state index contributed by atoms with van der Waals surface area (Å²) >= 11 is 9.51. The first-order chi connectivity index (χ1) is 15.0. The zero-order chi connectivity index (χ0) is 21.7. The van der Waals surface area contributed by atoms with Crippen molar-refractivity contribution in [3.63, 3.8) is 0 Å². The summed E-state index contributed by atoms with van der Waals surface area (Å²) in [6, 6.07) is 19.6. The third-order valence-electron chi connectivity index (χ3n) is 5.64. The average Bonchev–Trinajstić information content (AvgIpc) is 3.07. The van der Waals surface area contributed by atoms with Gasteiger partial charge in [0.05, 0.1) is 17.0 Å². The largest absolute Gasteiger partial charge is 0.450 e. The van der Waals surface area contributed by atoms with Crippen molar-refractivity contribution in [3.8, 4) is 0 Å². The molecule has 3 aromatic carbocycles. The van der Waals surface area contributed by atoms with E-state index in [0.29, 0.717) is 27.2 Å². The van der Waals surface area contributed by atoms with Crippen LogP contribution < -0.4 is 10.3 Å². The van der Waals surface area contributed by atoms with E-state index in [0.717, 1.165) is 16.5 Å². The number of rotatable bonds is 3. The number of aryl methyl sites for hydroxylation is 1. The summed E-state index contributed by atoms with van der Waals surface area (Å²) in [5.41, 5.74) is 3.19. The van der Waals surface area contributed by atoms with Crippen molar-refractivity contribution in [1.29, 1.82) is 0 Å². The number of benzene rings is 3. The second kappa shape index (κ2) is 7.66. The highest BCUT2D eigenvalue weighted by Crippen LogP contribution is 2.41. The molecule has 1 amide bonds. The lowest BCUT2D eigenvalue weighted by Gasteiger charge is -2.25. The molecular weight excluding hydrogens is 478 g/mol. The van der Waals surface area contributed by atoms with Gasteiger partial charge in [-0.1, -0.05) is 58.7 Å². The fourth-order valence-electron chi connectivity index (χ4n) is 4.06. The molecule has 0 bridgehead atoms. The summed E-state index contributed by atoms with van der Waals surface area (Å²) in [6.07, 6.45) is 0.898. The van der Waals surface area contributed by atoms with Gasteiger partial charge in [0.1, 0.15) is 5.58 Å². The molecule has 0 radical (unpaired) electrons. The minimum Gasteiger partial charge on any atom is -0.450 e.